The average molecular weight is 190 g/mol. The summed E-state index contributed by atoms with van der Waals surface area (Å²) < 4.78 is 38.0. The molecule has 0 amide bonds. The van der Waals surface area contributed by atoms with Gasteiger partial charge in [-0.15, -0.1) is 3.89 Å². The lowest BCUT2D eigenvalue weighted by Gasteiger charge is -2.02. The summed E-state index contributed by atoms with van der Waals surface area (Å²) in [5, 5.41) is 0. The Bertz CT molecular complexity index is 372. The SMILES string of the molecule is COc1ccccc1S(=O)(=O)F. The largest absolute Gasteiger partial charge is 0.495 e. The molecular formula is C7H7FO3S. The molecule has 0 saturated heterocycles. The molecule has 0 aliphatic carbocycles. The fourth-order valence-corrected chi connectivity index (χ4v) is 1.45. The van der Waals surface area contributed by atoms with E-state index < -0.39 is 15.1 Å². The number of methoxy groups -OCH3 is 1. The number of hydrogen-bond donors (Lipinski definition) is 0. The molecule has 0 bridgehead atoms. The van der Waals surface area contributed by atoms with Gasteiger partial charge in [0.05, 0.1) is 7.11 Å². The summed E-state index contributed by atoms with van der Waals surface area (Å²) in [5.74, 6) is 0.0139. The highest BCUT2D eigenvalue weighted by Crippen LogP contribution is 2.23. The van der Waals surface area contributed by atoms with E-state index in [4.69, 9.17) is 0 Å². The molecule has 3 nitrogen and oxygen atoms in total. The molecule has 66 valence electrons. The standard InChI is InChI=1S/C7H7FO3S/c1-11-6-4-2-3-5-7(6)12(8,9)10/h2-5H,1H3. The van der Waals surface area contributed by atoms with Crippen LogP contribution in [0, 0.1) is 0 Å². The van der Waals surface area contributed by atoms with Crippen LogP contribution in [0.15, 0.2) is 29.2 Å². The Morgan fingerprint density at radius 3 is 2.33 bits per heavy atom. The van der Waals surface area contributed by atoms with Crippen LogP contribution in [0.5, 0.6) is 5.75 Å². The van der Waals surface area contributed by atoms with E-state index in [1.54, 1.807) is 6.07 Å². The third-order valence-corrected chi connectivity index (χ3v) is 2.19. The second-order valence-corrected chi connectivity index (χ2v) is 3.40. The van der Waals surface area contributed by atoms with Gasteiger partial charge in [-0.2, -0.15) is 8.42 Å². The number of halogens is 1. The van der Waals surface area contributed by atoms with Gasteiger partial charge in [-0.1, -0.05) is 12.1 Å². The Balaban J connectivity index is 3.33. The lowest BCUT2D eigenvalue weighted by molar-refractivity contribution is 0.401. The predicted molar refractivity (Wildman–Crippen MR) is 41.3 cm³/mol. The zero-order valence-electron chi connectivity index (χ0n) is 6.32. The van der Waals surface area contributed by atoms with Crippen molar-refractivity contribution in [3.63, 3.8) is 0 Å². The van der Waals surface area contributed by atoms with Gasteiger partial charge < -0.3 is 4.74 Å². The van der Waals surface area contributed by atoms with Gasteiger partial charge in [-0.25, -0.2) is 0 Å². The van der Waals surface area contributed by atoms with Crippen LogP contribution in [-0.4, -0.2) is 15.5 Å². The third kappa shape index (κ3) is 1.73. The number of benzene rings is 1. The summed E-state index contributed by atoms with van der Waals surface area (Å²) in [6.07, 6.45) is 0. The molecule has 0 unspecified atom stereocenters. The van der Waals surface area contributed by atoms with E-state index in [9.17, 15) is 12.3 Å². The molecule has 0 spiro atoms. The fourth-order valence-electron chi connectivity index (χ4n) is 0.820. The summed E-state index contributed by atoms with van der Waals surface area (Å²) in [6.45, 7) is 0. The van der Waals surface area contributed by atoms with Gasteiger partial charge in [0.25, 0.3) is 0 Å². The Hall–Kier alpha value is -1.10. The number of para-hydroxylation sites is 1. The number of rotatable bonds is 2. The highest BCUT2D eigenvalue weighted by molar-refractivity contribution is 7.86. The van der Waals surface area contributed by atoms with E-state index >= 15 is 0 Å². The van der Waals surface area contributed by atoms with Crippen LogP contribution in [-0.2, 0) is 10.2 Å². The Morgan fingerprint density at radius 1 is 1.33 bits per heavy atom. The molecule has 0 N–H and O–H groups in total. The second-order valence-electron chi connectivity index (χ2n) is 2.09. The molecule has 0 fully saturated rings. The fraction of sp³-hybridized carbons (Fsp3) is 0.143. The quantitative estimate of drug-likeness (QED) is 0.661. The van der Waals surface area contributed by atoms with Crippen LogP contribution >= 0.6 is 0 Å². The first-order chi connectivity index (χ1) is 5.55. The van der Waals surface area contributed by atoms with E-state index in [0.717, 1.165) is 6.07 Å². The van der Waals surface area contributed by atoms with Crippen molar-refractivity contribution in [3.05, 3.63) is 24.3 Å². The van der Waals surface area contributed by atoms with Gasteiger partial charge in [0, 0.05) is 0 Å². The van der Waals surface area contributed by atoms with Crippen LogP contribution in [0.25, 0.3) is 0 Å². The first-order valence-corrected chi connectivity index (χ1v) is 4.52. The van der Waals surface area contributed by atoms with Gasteiger partial charge in [-0.05, 0) is 12.1 Å². The lowest BCUT2D eigenvalue weighted by atomic mass is 10.3. The van der Waals surface area contributed by atoms with Crippen LogP contribution in [0.1, 0.15) is 0 Å². The molecule has 1 aromatic carbocycles. The molecule has 1 rings (SSSR count). The molecule has 0 heterocycles. The van der Waals surface area contributed by atoms with Crippen molar-refractivity contribution >= 4 is 10.2 Å². The maximum absolute atomic E-state index is 12.5. The zero-order chi connectivity index (χ0) is 9.19. The first-order valence-electron chi connectivity index (χ1n) is 3.13. The Kier molecular flexibility index (Phi) is 2.32. The van der Waals surface area contributed by atoms with Gasteiger partial charge >= 0.3 is 10.2 Å². The number of hydrogen-bond acceptors (Lipinski definition) is 3. The van der Waals surface area contributed by atoms with Crippen molar-refractivity contribution in [2.75, 3.05) is 7.11 Å². The van der Waals surface area contributed by atoms with E-state index in [2.05, 4.69) is 4.74 Å². The monoisotopic (exact) mass is 190 g/mol. The third-order valence-electron chi connectivity index (χ3n) is 1.33. The molecule has 1 aromatic rings. The highest BCUT2D eigenvalue weighted by atomic mass is 32.3. The van der Waals surface area contributed by atoms with Crippen LogP contribution in [0.3, 0.4) is 0 Å². The summed E-state index contributed by atoms with van der Waals surface area (Å²) in [5.41, 5.74) is 0. The van der Waals surface area contributed by atoms with E-state index in [-0.39, 0.29) is 5.75 Å². The minimum Gasteiger partial charge on any atom is -0.495 e. The molecule has 0 saturated carbocycles. The molecule has 0 aliphatic heterocycles. The Labute approximate surface area is 70.0 Å². The van der Waals surface area contributed by atoms with E-state index in [1.165, 1.54) is 19.2 Å². The van der Waals surface area contributed by atoms with Crippen molar-refractivity contribution in [2.45, 2.75) is 4.90 Å². The van der Waals surface area contributed by atoms with Crippen molar-refractivity contribution in [1.82, 2.24) is 0 Å². The topological polar surface area (TPSA) is 43.4 Å². The summed E-state index contributed by atoms with van der Waals surface area (Å²) in [7, 11) is -3.39. The average Bonchev–Trinajstić information content (AvgIpc) is 2.03. The summed E-state index contributed by atoms with van der Waals surface area (Å²) in [4.78, 5) is -0.437. The van der Waals surface area contributed by atoms with Crippen LogP contribution in [0.2, 0.25) is 0 Å². The molecule has 12 heavy (non-hydrogen) atoms. The Morgan fingerprint density at radius 2 is 1.92 bits per heavy atom. The number of ether oxygens (including phenoxy) is 1. The molecule has 0 aromatic heterocycles. The van der Waals surface area contributed by atoms with Crippen LogP contribution in [0.4, 0.5) is 3.89 Å². The minimum atomic E-state index is -4.67. The highest BCUT2D eigenvalue weighted by Gasteiger charge is 2.16. The minimum absolute atomic E-state index is 0.0139. The normalized spacial score (nSPS) is 11.2. The van der Waals surface area contributed by atoms with Crippen molar-refractivity contribution in [2.24, 2.45) is 0 Å². The van der Waals surface area contributed by atoms with Gasteiger partial charge in [0.2, 0.25) is 0 Å². The van der Waals surface area contributed by atoms with Crippen molar-refractivity contribution < 1.29 is 17.0 Å². The maximum Gasteiger partial charge on any atom is 0.335 e. The lowest BCUT2D eigenvalue weighted by Crippen LogP contribution is -1.95. The summed E-state index contributed by atoms with van der Waals surface area (Å²) >= 11 is 0. The van der Waals surface area contributed by atoms with Gasteiger partial charge in [0.15, 0.2) is 0 Å². The molecule has 5 heteroatoms. The van der Waals surface area contributed by atoms with Gasteiger partial charge in [0.1, 0.15) is 10.6 Å². The van der Waals surface area contributed by atoms with Crippen LogP contribution < -0.4 is 4.74 Å². The predicted octanol–water partition coefficient (Wildman–Crippen LogP) is 1.35. The molecular weight excluding hydrogens is 183 g/mol. The second kappa shape index (κ2) is 3.10. The van der Waals surface area contributed by atoms with Crippen molar-refractivity contribution in [1.29, 1.82) is 0 Å². The molecule has 0 radical (unpaired) electrons. The van der Waals surface area contributed by atoms with E-state index in [1.807, 2.05) is 0 Å². The van der Waals surface area contributed by atoms with Crippen molar-refractivity contribution in [3.8, 4) is 5.75 Å². The smallest absolute Gasteiger partial charge is 0.335 e. The maximum atomic E-state index is 12.5. The van der Waals surface area contributed by atoms with E-state index in [0.29, 0.717) is 0 Å². The molecule has 0 atom stereocenters. The summed E-state index contributed by atoms with van der Waals surface area (Å²) in [6, 6.07) is 5.52. The zero-order valence-corrected chi connectivity index (χ0v) is 7.14. The first kappa shape index (κ1) is 8.99. The van der Waals surface area contributed by atoms with Gasteiger partial charge in [-0.3, -0.25) is 0 Å². The molecule has 0 aliphatic rings.